The van der Waals surface area contributed by atoms with E-state index in [2.05, 4.69) is 15.6 Å². The first-order valence-electron chi connectivity index (χ1n) is 7.61. The Morgan fingerprint density at radius 2 is 2.13 bits per heavy atom. The fourth-order valence-corrected chi connectivity index (χ4v) is 2.91. The molecule has 0 radical (unpaired) electrons. The lowest BCUT2D eigenvalue weighted by atomic mass is 10.2. The first-order valence-corrected chi connectivity index (χ1v) is 8.59. The fourth-order valence-electron chi connectivity index (χ4n) is 2.10. The lowest BCUT2D eigenvalue weighted by Crippen LogP contribution is -2.15. The SMILES string of the molecule is O=C(CCSc1ccccn1)Nc1c(F)cccc1NC1CC1. The van der Waals surface area contributed by atoms with Gasteiger partial charge in [0.25, 0.3) is 0 Å². The van der Waals surface area contributed by atoms with Crippen molar-refractivity contribution in [2.45, 2.75) is 30.3 Å². The van der Waals surface area contributed by atoms with E-state index in [0.717, 1.165) is 17.9 Å². The fraction of sp³-hybridized carbons (Fsp3) is 0.294. The molecule has 0 atom stereocenters. The molecule has 1 heterocycles. The number of carbonyl (C=O) groups is 1. The number of rotatable bonds is 7. The number of anilines is 2. The molecule has 1 saturated carbocycles. The number of benzene rings is 1. The predicted molar refractivity (Wildman–Crippen MR) is 91.3 cm³/mol. The van der Waals surface area contributed by atoms with E-state index < -0.39 is 5.82 Å². The van der Waals surface area contributed by atoms with Gasteiger partial charge < -0.3 is 10.6 Å². The Bertz CT molecular complexity index is 677. The number of thioether (sulfide) groups is 1. The summed E-state index contributed by atoms with van der Waals surface area (Å²) in [5.41, 5.74) is 0.894. The predicted octanol–water partition coefficient (Wildman–Crippen LogP) is 3.92. The summed E-state index contributed by atoms with van der Waals surface area (Å²) in [6.07, 6.45) is 4.20. The number of aromatic nitrogens is 1. The summed E-state index contributed by atoms with van der Waals surface area (Å²) in [5, 5.41) is 6.81. The molecule has 3 rings (SSSR count). The van der Waals surface area contributed by atoms with Crippen LogP contribution in [0.2, 0.25) is 0 Å². The van der Waals surface area contributed by atoms with Gasteiger partial charge in [0.15, 0.2) is 0 Å². The van der Waals surface area contributed by atoms with Crippen LogP contribution in [0.25, 0.3) is 0 Å². The number of nitrogens with one attached hydrogen (secondary N) is 2. The highest BCUT2D eigenvalue weighted by Gasteiger charge is 2.23. The maximum absolute atomic E-state index is 14.0. The number of para-hydroxylation sites is 1. The second-order valence-electron chi connectivity index (χ2n) is 5.40. The van der Waals surface area contributed by atoms with Gasteiger partial charge in [0.2, 0.25) is 5.91 Å². The Kier molecular flexibility index (Phi) is 5.12. The van der Waals surface area contributed by atoms with Crippen LogP contribution in [-0.2, 0) is 4.79 Å². The Morgan fingerprint density at radius 1 is 1.26 bits per heavy atom. The summed E-state index contributed by atoms with van der Waals surface area (Å²) in [6.45, 7) is 0. The quantitative estimate of drug-likeness (QED) is 0.755. The minimum Gasteiger partial charge on any atom is -0.381 e. The van der Waals surface area contributed by atoms with Crippen molar-refractivity contribution in [3.8, 4) is 0 Å². The van der Waals surface area contributed by atoms with Crippen molar-refractivity contribution in [2.24, 2.45) is 0 Å². The van der Waals surface area contributed by atoms with Gasteiger partial charge in [0, 0.05) is 24.4 Å². The average molecular weight is 331 g/mol. The lowest BCUT2D eigenvalue weighted by molar-refractivity contribution is -0.115. The molecule has 4 nitrogen and oxygen atoms in total. The van der Waals surface area contributed by atoms with Gasteiger partial charge in [-0.05, 0) is 37.1 Å². The topological polar surface area (TPSA) is 54.0 Å². The molecule has 0 unspecified atom stereocenters. The number of hydrogen-bond acceptors (Lipinski definition) is 4. The standard InChI is InChI=1S/C17H18FN3OS/c18-13-4-3-5-14(20-12-7-8-12)17(13)21-15(22)9-11-23-16-6-1-2-10-19-16/h1-6,10,12,20H,7-9,11H2,(H,21,22). The minimum absolute atomic E-state index is 0.197. The normalized spacial score (nSPS) is 13.6. The van der Waals surface area contributed by atoms with E-state index >= 15 is 0 Å². The third-order valence-electron chi connectivity index (χ3n) is 3.43. The number of nitrogens with zero attached hydrogens (tertiary/aromatic N) is 1. The summed E-state index contributed by atoms with van der Waals surface area (Å²) in [5.74, 6) is -0.0124. The molecular weight excluding hydrogens is 313 g/mol. The van der Waals surface area contributed by atoms with Crippen LogP contribution in [0.3, 0.4) is 0 Å². The van der Waals surface area contributed by atoms with E-state index in [4.69, 9.17) is 0 Å². The molecule has 2 N–H and O–H groups in total. The first-order chi connectivity index (χ1) is 11.2. The molecule has 0 saturated heterocycles. The highest BCUT2D eigenvalue weighted by atomic mass is 32.2. The monoisotopic (exact) mass is 331 g/mol. The van der Waals surface area contributed by atoms with Gasteiger partial charge in [-0.1, -0.05) is 12.1 Å². The molecule has 6 heteroatoms. The van der Waals surface area contributed by atoms with Crippen molar-refractivity contribution in [2.75, 3.05) is 16.4 Å². The van der Waals surface area contributed by atoms with Gasteiger partial charge in [0.1, 0.15) is 11.5 Å². The van der Waals surface area contributed by atoms with Crippen molar-refractivity contribution >= 4 is 29.0 Å². The van der Waals surface area contributed by atoms with Gasteiger partial charge in [0.05, 0.1) is 10.7 Å². The molecule has 1 amide bonds. The average Bonchev–Trinajstić information content (AvgIpc) is 3.36. The Hall–Kier alpha value is -2.08. The number of halogens is 1. The maximum Gasteiger partial charge on any atom is 0.225 e. The molecular formula is C17H18FN3OS. The summed E-state index contributed by atoms with van der Waals surface area (Å²) in [4.78, 5) is 16.3. The Balaban J connectivity index is 1.55. The zero-order valence-corrected chi connectivity index (χ0v) is 13.4. The molecule has 0 bridgehead atoms. The van der Waals surface area contributed by atoms with Gasteiger partial charge >= 0.3 is 0 Å². The second kappa shape index (κ2) is 7.46. The van der Waals surface area contributed by atoms with E-state index in [1.165, 1.54) is 17.8 Å². The van der Waals surface area contributed by atoms with E-state index in [9.17, 15) is 9.18 Å². The van der Waals surface area contributed by atoms with Gasteiger partial charge in [-0.2, -0.15) is 0 Å². The zero-order valence-electron chi connectivity index (χ0n) is 12.6. The highest BCUT2D eigenvalue weighted by Crippen LogP contribution is 2.31. The van der Waals surface area contributed by atoms with Gasteiger partial charge in [-0.25, -0.2) is 9.37 Å². The van der Waals surface area contributed by atoms with Crippen LogP contribution in [0.15, 0.2) is 47.6 Å². The molecule has 2 aromatic rings. The first kappa shape index (κ1) is 15.8. The van der Waals surface area contributed by atoms with Crippen LogP contribution < -0.4 is 10.6 Å². The minimum atomic E-state index is -0.415. The van der Waals surface area contributed by atoms with E-state index in [-0.39, 0.29) is 11.6 Å². The summed E-state index contributed by atoms with van der Waals surface area (Å²) >= 11 is 1.51. The van der Waals surface area contributed by atoms with Gasteiger partial charge in [-0.15, -0.1) is 11.8 Å². The largest absolute Gasteiger partial charge is 0.381 e. The van der Waals surface area contributed by atoms with Crippen LogP contribution in [0.5, 0.6) is 0 Å². The van der Waals surface area contributed by atoms with Crippen LogP contribution in [-0.4, -0.2) is 22.7 Å². The van der Waals surface area contributed by atoms with Crippen molar-refractivity contribution in [3.63, 3.8) is 0 Å². The third kappa shape index (κ3) is 4.69. The summed E-state index contributed by atoms with van der Waals surface area (Å²) < 4.78 is 14.0. The number of amides is 1. The molecule has 1 fully saturated rings. The molecule has 1 aromatic carbocycles. The zero-order chi connectivity index (χ0) is 16.1. The molecule has 0 aliphatic heterocycles. The maximum atomic E-state index is 14.0. The highest BCUT2D eigenvalue weighted by molar-refractivity contribution is 7.99. The van der Waals surface area contributed by atoms with Gasteiger partial charge in [-0.3, -0.25) is 4.79 Å². The van der Waals surface area contributed by atoms with Crippen molar-refractivity contribution in [3.05, 3.63) is 48.4 Å². The lowest BCUT2D eigenvalue weighted by Gasteiger charge is -2.13. The molecule has 1 aromatic heterocycles. The van der Waals surface area contributed by atoms with E-state index in [1.807, 2.05) is 18.2 Å². The summed E-state index contributed by atoms with van der Waals surface area (Å²) in [6, 6.07) is 10.8. The summed E-state index contributed by atoms with van der Waals surface area (Å²) in [7, 11) is 0. The number of hydrogen-bond donors (Lipinski definition) is 2. The van der Waals surface area contributed by atoms with E-state index in [1.54, 1.807) is 18.3 Å². The Labute approximate surface area is 138 Å². The van der Waals surface area contributed by atoms with Crippen LogP contribution in [0, 0.1) is 5.82 Å². The molecule has 120 valence electrons. The molecule has 1 aliphatic rings. The molecule has 23 heavy (non-hydrogen) atoms. The van der Waals surface area contributed by atoms with Crippen molar-refractivity contribution in [1.82, 2.24) is 4.98 Å². The third-order valence-corrected chi connectivity index (χ3v) is 4.38. The van der Waals surface area contributed by atoms with Crippen LogP contribution in [0.1, 0.15) is 19.3 Å². The van der Waals surface area contributed by atoms with Crippen molar-refractivity contribution < 1.29 is 9.18 Å². The number of pyridine rings is 1. The second-order valence-corrected chi connectivity index (χ2v) is 6.51. The van der Waals surface area contributed by atoms with Crippen LogP contribution >= 0.6 is 11.8 Å². The molecule has 1 aliphatic carbocycles. The van der Waals surface area contributed by atoms with E-state index in [0.29, 0.717) is 23.9 Å². The molecule has 0 spiro atoms. The smallest absolute Gasteiger partial charge is 0.225 e. The van der Waals surface area contributed by atoms with Crippen LogP contribution in [0.4, 0.5) is 15.8 Å². The number of carbonyl (C=O) groups excluding carboxylic acids is 1. The van der Waals surface area contributed by atoms with Crippen molar-refractivity contribution in [1.29, 1.82) is 0 Å². The Morgan fingerprint density at radius 3 is 2.87 bits per heavy atom.